The van der Waals surface area contributed by atoms with Gasteiger partial charge in [-0.2, -0.15) is 0 Å². The van der Waals surface area contributed by atoms with Gasteiger partial charge in [0.05, 0.1) is 6.61 Å². The molecule has 2 nitrogen and oxygen atoms in total. The topological polar surface area (TPSA) is 22.1 Å². The van der Waals surface area contributed by atoms with Crippen molar-refractivity contribution in [3.63, 3.8) is 0 Å². The summed E-state index contributed by atoms with van der Waals surface area (Å²) in [6, 6.07) is 12.2. The van der Waals surface area contributed by atoms with Crippen molar-refractivity contribution in [3.8, 4) is 5.75 Å². The van der Waals surface area contributed by atoms with Crippen molar-refractivity contribution < 1.29 is 4.74 Å². The molecule has 0 fully saturated rings. The van der Waals surface area contributed by atoms with Crippen molar-refractivity contribution in [2.45, 2.75) is 32.6 Å². The zero-order chi connectivity index (χ0) is 14.2. The van der Waals surface area contributed by atoms with Crippen LogP contribution in [0.3, 0.4) is 0 Å². The summed E-state index contributed by atoms with van der Waals surface area (Å²) >= 11 is 5.77. The third-order valence-electron chi connectivity index (χ3n) is 3.18. The maximum absolute atomic E-state index is 5.77. The lowest BCUT2D eigenvalue weighted by Crippen LogP contribution is -1.97. The standard InChI is InChI=1S/C17H20ClNO/c1-2-3-12-20-16-9-6-14(7-10-16)4-5-15-8-11-17(18)19-13-15/h6-11,13H,2-5,12H2,1H3. The largest absolute Gasteiger partial charge is 0.494 e. The van der Waals surface area contributed by atoms with E-state index in [1.165, 1.54) is 11.1 Å². The van der Waals surface area contributed by atoms with Crippen molar-refractivity contribution in [2.75, 3.05) is 6.61 Å². The number of hydrogen-bond acceptors (Lipinski definition) is 2. The van der Waals surface area contributed by atoms with Gasteiger partial charge in [0.25, 0.3) is 0 Å². The predicted molar refractivity (Wildman–Crippen MR) is 83.5 cm³/mol. The Morgan fingerprint density at radius 2 is 1.70 bits per heavy atom. The fourth-order valence-corrected chi connectivity index (χ4v) is 2.04. The smallest absolute Gasteiger partial charge is 0.129 e. The van der Waals surface area contributed by atoms with Gasteiger partial charge in [-0.3, -0.25) is 0 Å². The molecule has 20 heavy (non-hydrogen) atoms. The number of halogens is 1. The Labute approximate surface area is 125 Å². The molecule has 2 rings (SSSR count). The second-order valence-electron chi connectivity index (χ2n) is 4.84. The van der Waals surface area contributed by atoms with Crippen LogP contribution in [0.2, 0.25) is 5.15 Å². The lowest BCUT2D eigenvalue weighted by Gasteiger charge is -2.06. The monoisotopic (exact) mass is 289 g/mol. The van der Waals surface area contributed by atoms with Crippen molar-refractivity contribution in [1.82, 2.24) is 4.98 Å². The quantitative estimate of drug-likeness (QED) is 0.544. The van der Waals surface area contributed by atoms with Crippen LogP contribution >= 0.6 is 11.6 Å². The van der Waals surface area contributed by atoms with Gasteiger partial charge in [0, 0.05) is 6.20 Å². The van der Waals surface area contributed by atoms with Gasteiger partial charge in [0.15, 0.2) is 0 Å². The van der Waals surface area contributed by atoms with Crippen molar-refractivity contribution in [1.29, 1.82) is 0 Å². The fraction of sp³-hybridized carbons (Fsp3) is 0.353. The summed E-state index contributed by atoms with van der Waals surface area (Å²) < 4.78 is 5.65. The third kappa shape index (κ3) is 4.86. The van der Waals surface area contributed by atoms with E-state index in [0.717, 1.165) is 38.0 Å². The van der Waals surface area contributed by atoms with Crippen LogP contribution in [0.4, 0.5) is 0 Å². The SMILES string of the molecule is CCCCOc1ccc(CCc2ccc(Cl)nc2)cc1. The molecular formula is C17H20ClNO. The summed E-state index contributed by atoms with van der Waals surface area (Å²) in [6.07, 6.45) is 6.07. The highest BCUT2D eigenvalue weighted by Gasteiger charge is 1.98. The van der Waals surface area contributed by atoms with Crippen LogP contribution in [0, 0.1) is 0 Å². The van der Waals surface area contributed by atoms with Crippen LogP contribution < -0.4 is 4.74 Å². The summed E-state index contributed by atoms with van der Waals surface area (Å²) in [5, 5.41) is 0.544. The van der Waals surface area contributed by atoms with E-state index in [4.69, 9.17) is 16.3 Å². The maximum Gasteiger partial charge on any atom is 0.129 e. The Hall–Kier alpha value is -1.54. The van der Waals surface area contributed by atoms with E-state index < -0.39 is 0 Å². The summed E-state index contributed by atoms with van der Waals surface area (Å²) in [5.41, 5.74) is 2.51. The molecule has 0 atom stereocenters. The van der Waals surface area contributed by atoms with Gasteiger partial charge < -0.3 is 4.74 Å². The first-order chi connectivity index (χ1) is 9.78. The number of benzene rings is 1. The lowest BCUT2D eigenvalue weighted by molar-refractivity contribution is 0.309. The molecule has 0 saturated heterocycles. The van der Waals surface area contributed by atoms with Crippen LogP contribution in [0.15, 0.2) is 42.6 Å². The van der Waals surface area contributed by atoms with Crippen molar-refractivity contribution in [3.05, 3.63) is 58.9 Å². The Morgan fingerprint density at radius 3 is 2.35 bits per heavy atom. The van der Waals surface area contributed by atoms with E-state index in [2.05, 4.69) is 24.0 Å². The Morgan fingerprint density at radius 1 is 1.00 bits per heavy atom. The average molecular weight is 290 g/mol. The molecule has 0 bridgehead atoms. The summed E-state index contributed by atoms with van der Waals surface area (Å²) in [6.45, 7) is 2.96. The van der Waals surface area contributed by atoms with E-state index >= 15 is 0 Å². The first kappa shape index (κ1) is 14.9. The number of hydrogen-bond donors (Lipinski definition) is 0. The second-order valence-corrected chi connectivity index (χ2v) is 5.22. The molecule has 1 heterocycles. The van der Waals surface area contributed by atoms with Crippen LogP contribution in [-0.2, 0) is 12.8 Å². The van der Waals surface area contributed by atoms with Crippen molar-refractivity contribution in [2.24, 2.45) is 0 Å². The molecule has 0 radical (unpaired) electrons. The van der Waals surface area contributed by atoms with E-state index in [9.17, 15) is 0 Å². The number of pyridine rings is 1. The van der Waals surface area contributed by atoms with E-state index in [-0.39, 0.29) is 0 Å². The highest BCUT2D eigenvalue weighted by atomic mass is 35.5. The molecule has 0 saturated carbocycles. The fourth-order valence-electron chi connectivity index (χ4n) is 1.93. The Bertz CT molecular complexity index is 508. The molecule has 2 aromatic rings. The maximum atomic E-state index is 5.77. The van der Waals surface area contributed by atoms with Gasteiger partial charge >= 0.3 is 0 Å². The number of aryl methyl sites for hydroxylation is 2. The van der Waals surface area contributed by atoms with Gasteiger partial charge in [-0.1, -0.05) is 43.1 Å². The molecule has 0 amide bonds. The minimum absolute atomic E-state index is 0.544. The zero-order valence-electron chi connectivity index (χ0n) is 11.8. The Balaban J connectivity index is 1.82. The van der Waals surface area contributed by atoms with Gasteiger partial charge in [-0.05, 0) is 48.6 Å². The molecule has 0 unspecified atom stereocenters. The molecule has 0 aliphatic heterocycles. The number of unbranched alkanes of at least 4 members (excludes halogenated alkanes) is 1. The minimum Gasteiger partial charge on any atom is -0.494 e. The summed E-state index contributed by atoms with van der Waals surface area (Å²) in [7, 11) is 0. The highest BCUT2D eigenvalue weighted by molar-refractivity contribution is 6.29. The first-order valence-electron chi connectivity index (χ1n) is 7.10. The van der Waals surface area contributed by atoms with Crippen LogP contribution in [0.5, 0.6) is 5.75 Å². The molecule has 1 aromatic carbocycles. The van der Waals surface area contributed by atoms with E-state index in [1.807, 2.05) is 30.5 Å². The Kier molecular flexibility index (Phi) is 5.87. The van der Waals surface area contributed by atoms with Gasteiger partial charge in [0.1, 0.15) is 10.9 Å². The lowest BCUT2D eigenvalue weighted by atomic mass is 10.1. The molecule has 3 heteroatoms. The molecule has 0 aliphatic rings. The van der Waals surface area contributed by atoms with E-state index in [1.54, 1.807) is 0 Å². The number of rotatable bonds is 7. The minimum atomic E-state index is 0.544. The van der Waals surface area contributed by atoms with Crippen LogP contribution in [0.1, 0.15) is 30.9 Å². The normalized spacial score (nSPS) is 10.5. The molecule has 106 valence electrons. The molecular weight excluding hydrogens is 270 g/mol. The molecule has 0 spiro atoms. The predicted octanol–water partition coefficient (Wildman–Crippen LogP) is 4.70. The zero-order valence-corrected chi connectivity index (χ0v) is 12.6. The molecule has 0 N–H and O–H groups in total. The number of ether oxygens (including phenoxy) is 1. The highest BCUT2D eigenvalue weighted by Crippen LogP contribution is 2.15. The van der Waals surface area contributed by atoms with Gasteiger partial charge in [-0.25, -0.2) is 4.98 Å². The van der Waals surface area contributed by atoms with E-state index in [0.29, 0.717) is 5.15 Å². The average Bonchev–Trinajstić information content (AvgIpc) is 2.48. The van der Waals surface area contributed by atoms with Crippen LogP contribution in [0.25, 0.3) is 0 Å². The molecule has 1 aromatic heterocycles. The molecule has 0 aliphatic carbocycles. The second kappa shape index (κ2) is 7.91. The van der Waals surface area contributed by atoms with Gasteiger partial charge in [0.2, 0.25) is 0 Å². The first-order valence-corrected chi connectivity index (χ1v) is 7.48. The number of aromatic nitrogens is 1. The third-order valence-corrected chi connectivity index (χ3v) is 3.40. The summed E-state index contributed by atoms with van der Waals surface area (Å²) in [5.74, 6) is 0.954. The van der Waals surface area contributed by atoms with Crippen LogP contribution in [-0.4, -0.2) is 11.6 Å². The summed E-state index contributed by atoms with van der Waals surface area (Å²) in [4.78, 5) is 4.09. The van der Waals surface area contributed by atoms with Gasteiger partial charge in [-0.15, -0.1) is 0 Å². The van der Waals surface area contributed by atoms with Crippen molar-refractivity contribution >= 4 is 11.6 Å². The number of nitrogens with zero attached hydrogens (tertiary/aromatic N) is 1.